The summed E-state index contributed by atoms with van der Waals surface area (Å²) < 4.78 is 11.4. The molecule has 1 aromatic carbocycles. The maximum Gasteiger partial charge on any atom is 0.160 e. The number of aryl methyl sites for hydroxylation is 3. The van der Waals surface area contributed by atoms with Crippen LogP contribution < -0.4 is 9.47 Å². The van der Waals surface area contributed by atoms with Gasteiger partial charge in [-0.05, 0) is 53.4 Å². The molecule has 1 N–H and O–H groups in total. The predicted molar refractivity (Wildman–Crippen MR) is 78.0 cm³/mol. The Hall–Kier alpha value is -1.49. The normalized spacial score (nSPS) is 10.5. The molecule has 5 heteroatoms. The summed E-state index contributed by atoms with van der Waals surface area (Å²) in [7, 11) is 3.29. The number of hydrogen-bond acceptors (Lipinski definition) is 3. The minimum atomic E-state index is 0.754. The van der Waals surface area contributed by atoms with E-state index >= 15 is 0 Å². The molecule has 0 radical (unpaired) electrons. The Morgan fingerprint density at radius 1 is 1.16 bits per heavy atom. The van der Waals surface area contributed by atoms with Gasteiger partial charge in [0, 0.05) is 5.69 Å². The number of aromatic nitrogens is 2. The lowest BCUT2D eigenvalue weighted by Gasteiger charge is -2.09. The molecule has 0 amide bonds. The SMILES string of the molecule is COc1ccc(CCc2[nH]c(C)nc2Br)cc1OC. The fourth-order valence-electron chi connectivity index (χ4n) is 1.98. The third-order valence-corrected chi connectivity index (χ3v) is 3.61. The van der Waals surface area contributed by atoms with Crippen LogP contribution in [0.3, 0.4) is 0 Å². The van der Waals surface area contributed by atoms with Crippen LogP contribution in [0.25, 0.3) is 0 Å². The van der Waals surface area contributed by atoms with E-state index in [4.69, 9.17) is 9.47 Å². The van der Waals surface area contributed by atoms with Crippen LogP contribution in [-0.2, 0) is 12.8 Å². The first kappa shape index (κ1) is 13.9. The molecule has 0 spiro atoms. The summed E-state index contributed by atoms with van der Waals surface area (Å²) in [6.07, 6.45) is 1.82. The molecule has 0 fully saturated rings. The standard InChI is InChI=1S/C14H17BrN2O2/c1-9-16-11(14(15)17-9)6-4-10-5-7-12(18-2)13(8-10)19-3/h5,7-8H,4,6H2,1-3H3,(H,16,17). The van der Waals surface area contributed by atoms with Gasteiger partial charge in [0.2, 0.25) is 0 Å². The van der Waals surface area contributed by atoms with Crippen molar-refractivity contribution in [2.45, 2.75) is 19.8 Å². The van der Waals surface area contributed by atoms with E-state index in [1.54, 1.807) is 14.2 Å². The Labute approximate surface area is 121 Å². The molecule has 1 aromatic heterocycles. The molecule has 0 aliphatic carbocycles. The van der Waals surface area contributed by atoms with Crippen LogP contribution in [0.1, 0.15) is 17.1 Å². The van der Waals surface area contributed by atoms with Gasteiger partial charge in [0.25, 0.3) is 0 Å². The molecule has 0 saturated heterocycles. The number of nitrogens with zero attached hydrogens (tertiary/aromatic N) is 1. The highest BCUT2D eigenvalue weighted by molar-refractivity contribution is 9.10. The second-order valence-corrected chi connectivity index (χ2v) is 5.03. The first-order chi connectivity index (χ1) is 9.13. The van der Waals surface area contributed by atoms with E-state index in [1.165, 1.54) is 5.56 Å². The molecule has 0 unspecified atom stereocenters. The zero-order chi connectivity index (χ0) is 13.8. The second-order valence-electron chi connectivity index (χ2n) is 4.28. The van der Waals surface area contributed by atoms with Gasteiger partial charge in [0.1, 0.15) is 10.4 Å². The van der Waals surface area contributed by atoms with Crippen molar-refractivity contribution in [3.63, 3.8) is 0 Å². The first-order valence-electron chi connectivity index (χ1n) is 6.06. The summed E-state index contributed by atoms with van der Waals surface area (Å²) in [5, 5.41) is 0. The minimum Gasteiger partial charge on any atom is -0.493 e. The van der Waals surface area contributed by atoms with Crippen molar-refractivity contribution in [3.05, 3.63) is 39.9 Å². The highest BCUT2D eigenvalue weighted by Crippen LogP contribution is 2.28. The average Bonchev–Trinajstić information content (AvgIpc) is 2.74. The van der Waals surface area contributed by atoms with Crippen LogP contribution >= 0.6 is 15.9 Å². The van der Waals surface area contributed by atoms with Crippen LogP contribution in [0.5, 0.6) is 11.5 Å². The number of ether oxygens (including phenoxy) is 2. The third-order valence-electron chi connectivity index (χ3n) is 2.96. The van der Waals surface area contributed by atoms with Crippen molar-refractivity contribution < 1.29 is 9.47 Å². The van der Waals surface area contributed by atoms with E-state index in [0.717, 1.165) is 40.5 Å². The summed E-state index contributed by atoms with van der Waals surface area (Å²) in [5.74, 6) is 2.44. The molecule has 4 nitrogen and oxygen atoms in total. The van der Waals surface area contributed by atoms with E-state index in [0.29, 0.717) is 0 Å². The van der Waals surface area contributed by atoms with E-state index in [9.17, 15) is 0 Å². The Morgan fingerprint density at radius 3 is 2.47 bits per heavy atom. The number of H-pyrrole nitrogens is 1. The van der Waals surface area contributed by atoms with E-state index in [2.05, 4.69) is 32.0 Å². The molecule has 0 aliphatic rings. The Kier molecular flexibility index (Phi) is 4.47. The van der Waals surface area contributed by atoms with E-state index < -0.39 is 0 Å². The number of aromatic amines is 1. The molecule has 0 saturated carbocycles. The van der Waals surface area contributed by atoms with Crippen molar-refractivity contribution in [1.29, 1.82) is 0 Å². The largest absolute Gasteiger partial charge is 0.493 e. The van der Waals surface area contributed by atoms with Crippen molar-refractivity contribution in [1.82, 2.24) is 9.97 Å². The van der Waals surface area contributed by atoms with Crippen molar-refractivity contribution in [2.24, 2.45) is 0 Å². The van der Waals surface area contributed by atoms with Gasteiger partial charge in [0.15, 0.2) is 11.5 Å². The highest BCUT2D eigenvalue weighted by atomic mass is 79.9. The molecule has 2 rings (SSSR count). The van der Waals surface area contributed by atoms with Crippen molar-refractivity contribution in [2.75, 3.05) is 14.2 Å². The molecular formula is C14H17BrN2O2. The number of rotatable bonds is 5. The van der Waals surface area contributed by atoms with Crippen LogP contribution in [0.2, 0.25) is 0 Å². The summed E-state index contributed by atoms with van der Waals surface area (Å²) >= 11 is 3.45. The van der Waals surface area contributed by atoms with Gasteiger partial charge in [-0.2, -0.15) is 0 Å². The number of imidazole rings is 1. The molecule has 19 heavy (non-hydrogen) atoms. The quantitative estimate of drug-likeness (QED) is 0.918. The Morgan fingerprint density at radius 2 is 1.89 bits per heavy atom. The highest BCUT2D eigenvalue weighted by Gasteiger charge is 2.08. The lowest BCUT2D eigenvalue weighted by atomic mass is 10.1. The Bertz CT molecular complexity index is 567. The summed E-state index contributed by atoms with van der Waals surface area (Å²) in [6.45, 7) is 1.95. The summed E-state index contributed by atoms with van der Waals surface area (Å²) in [6, 6.07) is 6.00. The van der Waals surface area contributed by atoms with Crippen LogP contribution in [0.4, 0.5) is 0 Å². The van der Waals surface area contributed by atoms with Crippen molar-refractivity contribution in [3.8, 4) is 11.5 Å². The molecular weight excluding hydrogens is 308 g/mol. The predicted octanol–water partition coefficient (Wildman–Crippen LogP) is 3.28. The number of benzene rings is 1. The fraction of sp³-hybridized carbons (Fsp3) is 0.357. The third kappa shape index (κ3) is 3.29. The zero-order valence-corrected chi connectivity index (χ0v) is 12.9. The van der Waals surface area contributed by atoms with E-state index in [-0.39, 0.29) is 0 Å². The molecule has 0 aliphatic heterocycles. The maximum atomic E-state index is 5.30. The summed E-state index contributed by atoms with van der Waals surface area (Å²) in [4.78, 5) is 7.55. The number of hydrogen-bond donors (Lipinski definition) is 1. The van der Waals surface area contributed by atoms with Gasteiger partial charge in [-0.25, -0.2) is 4.98 Å². The Balaban J connectivity index is 2.09. The van der Waals surface area contributed by atoms with E-state index in [1.807, 2.05) is 19.1 Å². The summed E-state index contributed by atoms with van der Waals surface area (Å²) in [5.41, 5.74) is 2.32. The molecule has 2 aromatic rings. The monoisotopic (exact) mass is 324 g/mol. The fourth-order valence-corrected chi connectivity index (χ4v) is 2.55. The van der Waals surface area contributed by atoms with Crippen LogP contribution in [-0.4, -0.2) is 24.2 Å². The van der Waals surface area contributed by atoms with Crippen LogP contribution in [0, 0.1) is 6.92 Å². The molecule has 1 heterocycles. The zero-order valence-electron chi connectivity index (χ0n) is 11.3. The lowest BCUT2D eigenvalue weighted by molar-refractivity contribution is 0.354. The first-order valence-corrected chi connectivity index (χ1v) is 6.85. The number of halogens is 1. The smallest absolute Gasteiger partial charge is 0.160 e. The molecule has 0 bridgehead atoms. The van der Waals surface area contributed by atoms with Gasteiger partial charge < -0.3 is 14.5 Å². The number of nitrogens with one attached hydrogen (secondary N) is 1. The van der Waals surface area contributed by atoms with Crippen LogP contribution in [0.15, 0.2) is 22.8 Å². The average molecular weight is 325 g/mol. The maximum absolute atomic E-state index is 5.30. The van der Waals surface area contributed by atoms with Gasteiger partial charge in [-0.15, -0.1) is 0 Å². The topological polar surface area (TPSA) is 47.1 Å². The van der Waals surface area contributed by atoms with Gasteiger partial charge in [-0.3, -0.25) is 0 Å². The minimum absolute atomic E-state index is 0.754. The lowest BCUT2D eigenvalue weighted by Crippen LogP contribution is -1.95. The van der Waals surface area contributed by atoms with Gasteiger partial charge >= 0.3 is 0 Å². The molecule has 102 valence electrons. The van der Waals surface area contributed by atoms with Crippen molar-refractivity contribution >= 4 is 15.9 Å². The second kappa shape index (κ2) is 6.10. The molecule has 0 atom stereocenters. The van der Waals surface area contributed by atoms with Gasteiger partial charge in [-0.1, -0.05) is 6.07 Å². The van der Waals surface area contributed by atoms with Gasteiger partial charge in [0.05, 0.1) is 14.2 Å². The number of methoxy groups -OCH3 is 2.